The molecular weight excluding hydrogens is 447 g/mol. The molecule has 6 heteroatoms. The summed E-state index contributed by atoms with van der Waals surface area (Å²) in [5, 5.41) is 0. The second-order valence-corrected chi connectivity index (χ2v) is 9.90. The maximum Gasteiger partial charge on any atom is 0.250 e. The summed E-state index contributed by atoms with van der Waals surface area (Å²) in [6.45, 7) is 1.63. The molecule has 1 unspecified atom stereocenters. The number of rotatable bonds is 6. The van der Waals surface area contributed by atoms with Crippen LogP contribution < -0.4 is 4.90 Å². The van der Waals surface area contributed by atoms with Gasteiger partial charge in [0.25, 0.3) is 0 Å². The molecule has 0 heterocycles. The topological polar surface area (TPSA) is 49.7 Å². The Labute approximate surface area is 202 Å². The molecule has 0 saturated heterocycles. The normalized spacial score (nSPS) is 13.9. The van der Waals surface area contributed by atoms with Crippen LogP contribution in [0.3, 0.4) is 0 Å². The van der Waals surface area contributed by atoms with Crippen LogP contribution in [0.1, 0.15) is 30.0 Å². The van der Waals surface area contributed by atoms with Gasteiger partial charge in [-0.25, -0.2) is 9.38 Å². The highest BCUT2D eigenvalue weighted by atomic mass is 32.2. The van der Waals surface area contributed by atoms with Crippen molar-refractivity contribution in [2.45, 2.75) is 24.7 Å². The molecule has 1 aliphatic carbocycles. The van der Waals surface area contributed by atoms with E-state index in [1.54, 1.807) is 19.1 Å². The van der Waals surface area contributed by atoms with Gasteiger partial charge in [0, 0.05) is 42.1 Å². The number of benzene rings is 3. The molecule has 1 amide bonds. The Balaban J connectivity index is 1.66. The Morgan fingerprint density at radius 2 is 1.76 bits per heavy atom. The Hall–Kier alpha value is -3.38. The Morgan fingerprint density at radius 1 is 1.06 bits per heavy atom. The second kappa shape index (κ2) is 9.85. The maximum atomic E-state index is 15.8. The van der Waals surface area contributed by atoms with E-state index in [-0.39, 0.29) is 23.5 Å². The van der Waals surface area contributed by atoms with E-state index in [9.17, 15) is 9.00 Å². The van der Waals surface area contributed by atoms with Crippen LogP contribution in [-0.2, 0) is 22.0 Å². The minimum Gasteiger partial charge on any atom is -0.378 e. The number of aliphatic imine (C=N–C) groups is 1. The third-order valence-corrected chi connectivity index (χ3v) is 7.00. The number of carbonyl (C=O) groups excluding carboxylic acids is 1. The second-order valence-electron chi connectivity index (χ2n) is 8.55. The molecule has 0 saturated carbocycles. The Kier molecular flexibility index (Phi) is 6.89. The van der Waals surface area contributed by atoms with Gasteiger partial charge < -0.3 is 4.90 Å². The molecule has 3 aromatic carbocycles. The van der Waals surface area contributed by atoms with Gasteiger partial charge in [-0.15, -0.1) is 0 Å². The summed E-state index contributed by atoms with van der Waals surface area (Å²) in [5.41, 5.74) is 5.64. The molecule has 0 N–H and O–H groups in total. The summed E-state index contributed by atoms with van der Waals surface area (Å²) < 4.78 is 28.2. The van der Waals surface area contributed by atoms with Crippen LogP contribution >= 0.6 is 0 Å². The lowest BCUT2D eigenvalue weighted by Gasteiger charge is -2.15. The van der Waals surface area contributed by atoms with E-state index in [1.165, 1.54) is 11.8 Å². The van der Waals surface area contributed by atoms with Gasteiger partial charge in [0.15, 0.2) is 0 Å². The standard InChI is InChI=1S/C28H27FN2O2S/c1-18(30-26(32)17-21-10-9-19-7-5-6-8-24(19)21)23-15-16-25(34(4)33)27(28(23)29)20-11-13-22(14-12-20)31(2)3/h5-8,10-16H,9,17H2,1-4H3. The molecule has 1 atom stereocenters. The van der Waals surface area contributed by atoms with Crippen molar-refractivity contribution in [3.63, 3.8) is 0 Å². The lowest BCUT2D eigenvalue weighted by Crippen LogP contribution is -2.09. The van der Waals surface area contributed by atoms with Crippen LogP contribution in [0.4, 0.5) is 10.1 Å². The molecule has 174 valence electrons. The van der Waals surface area contributed by atoms with E-state index < -0.39 is 16.6 Å². The number of nitrogens with zero attached hydrogens (tertiary/aromatic N) is 2. The van der Waals surface area contributed by atoms with E-state index in [0.29, 0.717) is 16.2 Å². The molecule has 0 fully saturated rings. The van der Waals surface area contributed by atoms with Gasteiger partial charge in [-0.3, -0.25) is 9.00 Å². The molecule has 0 aliphatic heterocycles. The number of amides is 1. The monoisotopic (exact) mass is 474 g/mol. The molecule has 34 heavy (non-hydrogen) atoms. The number of fused-ring (bicyclic) bond motifs is 1. The molecule has 4 rings (SSSR count). The highest BCUT2D eigenvalue weighted by molar-refractivity contribution is 7.84. The van der Waals surface area contributed by atoms with Crippen molar-refractivity contribution in [1.29, 1.82) is 0 Å². The predicted octanol–water partition coefficient (Wildman–Crippen LogP) is 5.66. The van der Waals surface area contributed by atoms with Crippen LogP contribution in [0, 0.1) is 5.82 Å². The van der Waals surface area contributed by atoms with Gasteiger partial charge in [-0.1, -0.05) is 42.5 Å². The Morgan fingerprint density at radius 3 is 2.44 bits per heavy atom. The summed E-state index contributed by atoms with van der Waals surface area (Å²) in [6, 6.07) is 18.6. The first-order valence-corrected chi connectivity index (χ1v) is 12.6. The number of hydrogen-bond acceptors (Lipinski definition) is 3. The zero-order valence-corrected chi connectivity index (χ0v) is 20.6. The van der Waals surface area contributed by atoms with E-state index in [1.807, 2.05) is 61.5 Å². The number of carbonyl (C=O) groups is 1. The van der Waals surface area contributed by atoms with E-state index in [4.69, 9.17) is 0 Å². The first kappa shape index (κ1) is 23.8. The zero-order chi connectivity index (χ0) is 24.4. The smallest absolute Gasteiger partial charge is 0.250 e. The fourth-order valence-corrected chi connectivity index (χ4v) is 5.00. The van der Waals surface area contributed by atoms with Gasteiger partial charge in [0.2, 0.25) is 5.91 Å². The third kappa shape index (κ3) is 4.77. The third-order valence-electron chi connectivity index (χ3n) is 6.04. The van der Waals surface area contributed by atoms with Crippen molar-refractivity contribution in [3.8, 4) is 11.1 Å². The summed E-state index contributed by atoms with van der Waals surface area (Å²) >= 11 is 0. The fraction of sp³-hybridized carbons (Fsp3) is 0.214. The Bertz CT molecular complexity index is 1340. The van der Waals surface area contributed by atoms with Gasteiger partial charge >= 0.3 is 0 Å². The first-order chi connectivity index (χ1) is 16.3. The minimum atomic E-state index is -1.39. The molecule has 1 aliphatic rings. The van der Waals surface area contributed by atoms with Gasteiger partial charge in [-0.05, 0) is 59.9 Å². The van der Waals surface area contributed by atoms with Crippen LogP contribution in [-0.4, -0.2) is 36.2 Å². The summed E-state index contributed by atoms with van der Waals surface area (Å²) in [7, 11) is 2.47. The maximum absolute atomic E-state index is 15.8. The van der Waals surface area contributed by atoms with Gasteiger partial charge in [0.1, 0.15) is 5.82 Å². The van der Waals surface area contributed by atoms with Crippen LogP contribution in [0.15, 0.2) is 76.6 Å². The molecule has 0 radical (unpaired) electrons. The number of allylic oxidation sites excluding steroid dienone is 1. The highest BCUT2D eigenvalue weighted by Crippen LogP contribution is 2.33. The van der Waals surface area contributed by atoms with Crippen LogP contribution in [0.5, 0.6) is 0 Å². The summed E-state index contributed by atoms with van der Waals surface area (Å²) in [4.78, 5) is 19.3. The molecular formula is C28H27FN2O2S. The molecule has 0 spiro atoms. The average Bonchev–Trinajstić information content (AvgIpc) is 3.21. The molecule has 4 nitrogen and oxygen atoms in total. The SMILES string of the molecule is CC(=NC(=O)CC1=CCc2ccccc21)c1ccc(S(C)=O)c(-c2ccc(N(C)C)cc2)c1F. The molecule has 3 aromatic rings. The van der Waals surface area contributed by atoms with Crippen molar-refractivity contribution in [3.05, 3.63) is 89.2 Å². The number of halogens is 1. The van der Waals surface area contributed by atoms with Crippen molar-refractivity contribution < 1.29 is 13.4 Å². The summed E-state index contributed by atoms with van der Waals surface area (Å²) in [5.74, 6) is -0.843. The average molecular weight is 475 g/mol. The van der Waals surface area contributed by atoms with Crippen molar-refractivity contribution in [2.75, 3.05) is 25.3 Å². The lowest BCUT2D eigenvalue weighted by atomic mass is 9.99. The fourth-order valence-electron chi connectivity index (χ4n) is 4.24. The lowest BCUT2D eigenvalue weighted by molar-refractivity contribution is -0.116. The van der Waals surface area contributed by atoms with Crippen molar-refractivity contribution in [2.24, 2.45) is 4.99 Å². The van der Waals surface area contributed by atoms with Crippen LogP contribution in [0.25, 0.3) is 16.7 Å². The van der Waals surface area contributed by atoms with Gasteiger partial charge in [-0.2, -0.15) is 0 Å². The van der Waals surface area contributed by atoms with E-state index >= 15 is 4.39 Å². The summed E-state index contributed by atoms with van der Waals surface area (Å²) in [6.07, 6.45) is 4.56. The molecule has 0 aromatic heterocycles. The van der Waals surface area contributed by atoms with E-state index in [0.717, 1.165) is 23.2 Å². The highest BCUT2D eigenvalue weighted by Gasteiger charge is 2.20. The van der Waals surface area contributed by atoms with Crippen molar-refractivity contribution >= 4 is 33.7 Å². The quantitative estimate of drug-likeness (QED) is 0.433. The molecule has 0 bridgehead atoms. The largest absolute Gasteiger partial charge is 0.378 e. The van der Waals surface area contributed by atoms with Crippen LogP contribution in [0.2, 0.25) is 0 Å². The zero-order valence-electron chi connectivity index (χ0n) is 19.8. The van der Waals surface area contributed by atoms with Gasteiger partial charge in [0.05, 0.1) is 22.9 Å². The van der Waals surface area contributed by atoms with Crippen molar-refractivity contribution in [1.82, 2.24) is 0 Å². The predicted molar refractivity (Wildman–Crippen MR) is 138 cm³/mol. The van der Waals surface area contributed by atoms with E-state index in [2.05, 4.69) is 17.1 Å². The number of hydrogen-bond donors (Lipinski definition) is 0. The first-order valence-electron chi connectivity index (χ1n) is 11.1. The number of anilines is 1. The minimum absolute atomic E-state index is 0.173.